The molecule has 0 unspecified atom stereocenters. The predicted molar refractivity (Wildman–Crippen MR) is 84.5 cm³/mol. The van der Waals surface area contributed by atoms with Crippen LogP contribution in [0.5, 0.6) is 0 Å². The van der Waals surface area contributed by atoms with Crippen molar-refractivity contribution in [2.45, 2.75) is 19.3 Å². The maximum Gasteiger partial charge on any atom is 0.312 e. The molecule has 118 valence electrons. The van der Waals surface area contributed by atoms with Crippen LogP contribution in [-0.2, 0) is 4.79 Å². The van der Waals surface area contributed by atoms with E-state index in [4.69, 9.17) is 10.8 Å². The normalized spacial score (nSPS) is 9.24. The lowest BCUT2D eigenvalue weighted by molar-refractivity contribution is -0.137. The Labute approximate surface area is 135 Å². The van der Waals surface area contributed by atoms with Crippen molar-refractivity contribution in [2.75, 3.05) is 13.6 Å². The quantitative estimate of drug-likeness (QED) is 0.562. The van der Waals surface area contributed by atoms with Gasteiger partial charge in [0.15, 0.2) is 0 Å². The van der Waals surface area contributed by atoms with Crippen molar-refractivity contribution in [1.29, 1.82) is 0 Å². The lowest BCUT2D eigenvalue weighted by atomic mass is 10.2. The molecule has 0 atom stereocenters. The number of rotatable bonds is 6. The zero-order valence-corrected chi connectivity index (χ0v) is 13.9. The average Bonchev–Trinajstić information content (AvgIpc) is 2.84. The third-order valence-electron chi connectivity index (χ3n) is 2.13. The molecule has 0 bridgehead atoms. The van der Waals surface area contributed by atoms with Crippen LogP contribution in [0, 0.1) is 0 Å². The van der Waals surface area contributed by atoms with Crippen LogP contribution in [-0.4, -0.2) is 36.6 Å². The molecule has 5 N–H and O–H groups in total. The summed E-state index contributed by atoms with van der Waals surface area (Å²) < 4.78 is 0.955. The first-order valence-electron chi connectivity index (χ1n) is 6.08. The van der Waals surface area contributed by atoms with E-state index in [2.05, 4.69) is 26.6 Å². The lowest BCUT2D eigenvalue weighted by Crippen LogP contribution is -2.30. The Bertz CT molecular complexity index is 463. The number of hydrogen-bond acceptors (Lipinski definition) is 4. The van der Waals surface area contributed by atoms with E-state index in [1.807, 2.05) is 5.38 Å². The molecular weight excluding hydrogens is 362 g/mol. The zero-order chi connectivity index (χ0) is 16.3. The van der Waals surface area contributed by atoms with Gasteiger partial charge in [-0.2, -0.15) is 0 Å². The molecule has 0 aliphatic heterocycles. The number of carbonyl (C=O) groups excluding carboxylic acids is 2. The number of carbonyl (C=O) groups is 3. The number of halogens is 1. The third-order valence-corrected chi connectivity index (χ3v) is 3.82. The number of urea groups is 1. The fourth-order valence-corrected chi connectivity index (χ4v) is 2.54. The van der Waals surface area contributed by atoms with Gasteiger partial charge in [-0.25, -0.2) is 4.79 Å². The summed E-state index contributed by atoms with van der Waals surface area (Å²) in [5.41, 5.74) is 4.77. The molecule has 0 saturated heterocycles. The maximum atomic E-state index is 10.9. The number of hydrogen-bond donors (Lipinski definition) is 4. The standard InChI is InChI=1S/C6H6BrNOS.C6H12N2O3/c1-8-6(9)5-2-4(7)3-10-5;7-6(11)8-4-2-1-3-5(9)10/h2-3H,1H3,(H,8,9);1-4H2,(H,9,10)(H3,7,8,11). The fourth-order valence-electron chi connectivity index (χ4n) is 1.17. The third kappa shape index (κ3) is 10.8. The van der Waals surface area contributed by atoms with Gasteiger partial charge in [-0.3, -0.25) is 9.59 Å². The van der Waals surface area contributed by atoms with Crippen LogP contribution >= 0.6 is 27.3 Å². The summed E-state index contributed by atoms with van der Waals surface area (Å²) in [6.45, 7) is 0.447. The van der Waals surface area contributed by atoms with E-state index in [0.717, 1.165) is 9.35 Å². The van der Waals surface area contributed by atoms with E-state index >= 15 is 0 Å². The highest BCUT2D eigenvalue weighted by molar-refractivity contribution is 9.10. The first kappa shape index (κ1) is 19.4. The molecule has 1 aromatic rings. The number of primary amides is 1. The van der Waals surface area contributed by atoms with Crippen molar-refractivity contribution < 1.29 is 19.5 Å². The van der Waals surface area contributed by atoms with Gasteiger partial charge in [0, 0.05) is 29.9 Å². The highest BCUT2D eigenvalue weighted by Crippen LogP contribution is 2.19. The topological polar surface area (TPSA) is 122 Å². The number of nitrogens with one attached hydrogen (secondary N) is 2. The van der Waals surface area contributed by atoms with Crippen molar-refractivity contribution in [2.24, 2.45) is 5.73 Å². The van der Waals surface area contributed by atoms with Gasteiger partial charge in [-0.05, 0) is 34.8 Å². The molecule has 0 aliphatic rings. The second kappa shape index (κ2) is 11.1. The summed E-state index contributed by atoms with van der Waals surface area (Å²) in [5, 5.41) is 15.0. The highest BCUT2D eigenvalue weighted by Gasteiger charge is 2.04. The van der Waals surface area contributed by atoms with Gasteiger partial charge < -0.3 is 21.5 Å². The lowest BCUT2D eigenvalue weighted by Gasteiger charge is -1.98. The Kier molecular flexibility index (Phi) is 10.2. The van der Waals surface area contributed by atoms with Gasteiger partial charge >= 0.3 is 12.0 Å². The van der Waals surface area contributed by atoms with Gasteiger partial charge in [0.2, 0.25) is 0 Å². The SMILES string of the molecule is CNC(=O)c1cc(Br)cs1.NC(=O)NCCCCC(=O)O. The first-order chi connectivity index (χ1) is 9.86. The zero-order valence-electron chi connectivity index (χ0n) is 11.5. The van der Waals surface area contributed by atoms with Gasteiger partial charge in [-0.1, -0.05) is 0 Å². The Morgan fingerprint density at radius 2 is 2.05 bits per heavy atom. The van der Waals surface area contributed by atoms with Crippen molar-refractivity contribution in [1.82, 2.24) is 10.6 Å². The van der Waals surface area contributed by atoms with Crippen molar-refractivity contribution in [3.63, 3.8) is 0 Å². The van der Waals surface area contributed by atoms with E-state index in [1.165, 1.54) is 11.3 Å². The molecule has 0 aliphatic carbocycles. The summed E-state index contributed by atoms with van der Waals surface area (Å²) in [6.07, 6.45) is 1.35. The van der Waals surface area contributed by atoms with E-state index in [-0.39, 0.29) is 12.3 Å². The van der Waals surface area contributed by atoms with Crippen LogP contribution < -0.4 is 16.4 Å². The molecule has 1 heterocycles. The smallest absolute Gasteiger partial charge is 0.312 e. The first-order valence-corrected chi connectivity index (χ1v) is 7.75. The maximum absolute atomic E-state index is 10.9. The number of unbranched alkanes of at least 4 members (excludes halogenated alkanes) is 1. The molecule has 0 spiro atoms. The van der Waals surface area contributed by atoms with Crippen molar-refractivity contribution >= 4 is 45.2 Å². The second-order valence-electron chi connectivity index (χ2n) is 3.85. The minimum atomic E-state index is -0.816. The van der Waals surface area contributed by atoms with Crippen LogP contribution in [0.25, 0.3) is 0 Å². The molecule has 3 amide bonds. The second-order valence-corrected chi connectivity index (χ2v) is 5.68. The van der Waals surface area contributed by atoms with Crippen molar-refractivity contribution in [3.05, 3.63) is 20.8 Å². The molecule has 1 aromatic heterocycles. The van der Waals surface area contributed by atoms with Crippen LogP contribution in [0.1, 0.15) is 28.9 Å². The minimum absolute atomic E-state index is 0.0318. The molecule has 21 heavy (non-hydrogen) atoms. The minimum Gasteiger partial charge on any atom is -0.481 e. The summed E-state index contributed by atoms with van der Waals surface area (Å²) in [6, 6.07) is 1.23. The molecule has 0 saturated carbocycles. The van der Waals surface area contributed by atoms with E-state index in [9.17, 15) is 14.4 Å². The number of aliphatic carboxylic acids is 1. The van der Waals surface area contributed by atoms with Crippen LogP contribution in [0.15, 0.2) is 15.9 Å². The summed E-state index contributed by atoms with van der Waals surface area (Å²) in [5.74, 6) is -0.847. The Balaban J connectivity index is 0.000000382. The molecule has 7 nitrogen and oxygen atoms in total. The number of carboxylic acids is 1. The highest BCUT2D eigenvalue weighted by atomic mass is 79.9. The Hall–Kier alpha value is -1.61. The number of thiophene rings is 1. The van der Waals surface area contributed by atoms with Crippen molar-refractivity contribution in [3.8, 4) is 0 Å². The van der Waals surface area contributed by atoms with Gasteiger partial charge in [0.1, 0.15) is 0 Å². The molecule has 1 rings (SSSR count). The van der Waals surface area contributed by atoms with Crippen LogP contribution in [0.4, 0.5) is 4.79 Å². The Morgan fingerprint density at radius 1 is 1.38 bits per heavy atom. The fraction of sp³-hybridized carbons (Fsp3) is 0.417. The Morgan fingerprint density at radius 3 is 2.48 bits per heavy atom. The summed E-state index contributed by atoms with van der Waals surface area (Å²) in [7, 11) is 1.62. The molecule has 0 aromatic carbocycles. The van der Waals surface area contributed by atoms with Gasteiger partial charge in [0.25, 0.3) is 5.91 Å². The van der Waals surface area contributed by atoms with E-state index < -0.39 is 12.0 Å². The van der Waals surface area contributed by atoms with Crippen LogP contribution in [0.3, 0.4) is 0 Å². The monoisotopic (exact) mass is 379 g/mol. The molecule has 9 heteroatoms. The number of amides is 3. The predicted octanol–water partition coefficient (Wildman–Crippen LogP) is 1.78. The van der Waals surface area contributed by atoms with E-state index in [1.54, 1.807) is 13.1 Å². The summed E-state index contributed by atoms with van der Waals surface area (Å²) >= 11 is 4.68. The number of nitrogens with two attached hydrogens (primary N) is 1. The molecular formula is C12H18BrN3O4S. The molecule has 0 fully saturated rings. The molecule has 0 radical (unpaired) electrons. The largest absolute Gasteiger partial charge is 0.481 e. The van der Waals surface area contributed by atoms with Gasteiger partial charge in [0.05, 0.1) is 4.88 Å². The van der Waals surface area contributed by atoms with Crippen LogP contribution in [0.2, 0.25) is 0 Å². The average molecular weight is 380 g/mol. The summed E-state index contributed by atoms with van der Waals surface area (Å²) in [4.78, 5) is 31.7. The number of carboxylic acid groups (broad SMARTS) is 1. The van der Waals surface area contributed by atoms with E-state index in [0.29, 0.717) is 19.4 Å². The van der Waals surface area contributed by atoms with Gasteiger partial charge in [-0.15, -0.1) is 11.3 Å².